The van der Waals surface area contributed by atoms with Gasteiger partial charge in [0, 0.05) is 24.3 Å². The van der Waals surface area contributed by atoms with Gasteiger partial charge in [0.2, 0.25) is 0 Å². The maximum Gasteiger partial charge on any atom is 0.255 e. The van der Waals surface area contributed by atoms with Gasteiger partial charge >= 0.3 is 0 Å². The second-order valence-corrected chi connectivity index (χ2v) is 5.01. The Labute approximate surface area is 116 Å². The molecule has 3 rings (SSSR count). The third-order valence-corrected chi connectivity index (χ3v) is 3.53. The summed E-state index contributed by atoms with van der Waals surface area (Å²) in [6.07, 6.45) is 0. The molecule has 0 aromatic heterocycles. The van der Waals surface area contributed by atoms with Gasteiger partial charge in [-0.1, -0.05) is 12.1 Å². The van der Waals surface area contributed by atoms with E-state index in [1.165, 1.54) is 11.6 Å². The molecule has 102 valence electrons. The summed E-state index contributed by atoms with van der Waals surface area (Å²) in [4.78, 5) is 12.2. The molecule has 2 aromatic carbocycles. The Balaban J connectivity index is 1.80. The predicted molar refractivity (Wildman–Crippen MR) is 76.1 cm³/mol. The van der Waals surface area contributed by atoms with Crippen LogP contribution in [-0.2, 0) is 13.1 Å². The van der Waals surface area contributed by atoms with Gasteiger partial charge in [-0.25, -0.2) is 4.39 Å². The van der Waals surface area contributed by atoms with Crippen LogP contribution in [0.15, 0.2) is 36.4 Å². The van der Waals surface area contributed by atoms with Crippen LogP contribution in [0.2, 0.25) is 0 Å². The molecule has 2 aromatic rings. The molecule has 0 aliphatic carbocycles. The number of anilines is 1. The van der Waals surface area contributed by atoms with Crippen LogP contribution in [0.5, 0.6) is 0 Å². The molecule has 0 bridgehead atoms. The first-order chi connectivity index (χ1) is 9.63. The van der Waals surface area contributed by atoms with E-state index < -0.39 is 0 Å². The van der Waals surface area contributed by atoms with Crippen molar-refractivity contribution in [2.24, 2.45) is 0 Å². The highest BCUT2D eigenvalue weighted by atomic mass is 19.1. The highest BCUT2D eigenvalue weighted by Gasteiger charge is 2.13. The van der Waals surface area contributed by atoms with Crippen molar-refractivity contribution < 1.29 is 9.18 Å². The molecule has 1 aliphatic rings. The van der Waals surface area contributed by atoms with Gasteiger partial charge < -0.3 is 10.6 Å². The quantitative estimate of drug-likeness (QED) is 0.880. The van der Waals surface area contributed by atoms with Crippen LogP contribution in [0.25, 0.3) is 0 Å². The Hall–Kier alpha value is -2.20. The van der Waals surface area contributed by atoms with E-state index in [0.29, 0.717) is 16.8 Å². The summed E-state index contributed by atoms with van der Waals surface area (Å²) in [5.41, 5.74) is 3.99. The molecule has 0 saturated carbocycles. The van der Waals surface area contributed by atoms with E-state index in [-0.39, 0.29) is 11.7 Å². The molecule has 20 heavy (non-hydrogen) atoms. The van der Waals surface area contributed by atoms with Gasteiger partial charge in [-0.15, -0.1) is 0 Å². The Kier molecular flexibility index (Phi) is 3.24. The molecule has 1 amide bonds. The summed E-state index contributed by atoms with van der Waals surface area (Å²) >= 11 is 0. The van der Waals surface area contributed by atoms with E-state index in [1.54, 1.807) is 25.1 Å². The average molecular weight is 270 g/mol. The van der Waals surface area contributed by atoms with Crippen molar-refractivity contribution in [1.29, 1.82) is 0 Å². The predicted octanol–water partition coefficient (Wildman–Crippen LogP) is 2.99. The number of carbonyl (C=O) groups excluding carboxylic acids is 1. The Bertz CT molecular complexity index is 682. The molecule has 1 heterocycles. The summed E-state index contributed by atoms with van der Waals surface area (Å²) in [6.45, 7) is 3.32. The van der Waals surface area contributed by atoms with E-state index in [9.17, 15) is 9.18 Å². The largest absolute Gasteiger partial charge is 0.322 e. The summed E-state index contributed by atoms with van der Waals surface area (Å²) in [5, 5.41) is 5.95. The van der Waals surface area contributed by atoms with Crippen LogP contribution in [0.3, 0.4) is 0 Å². The fraction of sp³-hybridized carbons (Fsp3) is 0.188. The van der Waals surface area contributed by atoms with Crippen molar-refractivity contribution in [3.05, 3.63) is 64.5 Å². The van der Waals surface area contributed by atoms with Gasteiger partial charge in [0.15, 0.2) is 0 Å². The number of benzene rings is 2. The molecular formula is C16H15FN2O. The van der Waals surface area contributed by atoms with Crippen LogP contribution >= 0.6 is 0 Å². The van der Waals surface area contributed by atoms with Gasteiger partial charge in [-0.3, -0.25) is 4.79 Å². The Morgan fingerprint density at radius 1 is 1.15 bits per heavy atom. The second kappa shape index (κ2) is 5.06. The minimum atomic E-state index is -0.319. The monoisotopic (exact) mass is 270 g/mol. The SMILES string of the molecule is Cc1ccc(NC(=O)c2ccc3c(c2)CNC3)cc1F. The lowest BCUT2D eigenvalue weighted by Crippen LogP contribution is -2.12. The number of aryl methyl sites for hydroxylation is 1. The molecule has 0 radical (unpaired) electrons. The number of rotatable bonds is 2. The highest BCUT2D eigenvalue weighted by molar-refractivity contribution is 6.04. The van der Waals surface area contributed by atoms with E-state index >= 15 is 0 Å². The third-order valence-electron chi connectivity index (χ3n) is 3.53. The van der Waals surface area contributed by atoms with Gasteiger partial charge in [-0.05, 0) is 47.9 Å². The zero-order valence-electron chi connectivity index (χ0n) is 11.2. The first-order valence-corrected chi connectivity index (χ1v) is 6.53. The number of carbonyl (C=O) groups is 1. The van der Waals surface area contributed by atoms with Crippen LogP contribution in [0, 0.1) is 12.7 Å². The summed E-state index contributed by atoms with van der Waals surface area (Å²) in [5.74, 6) is -0.538. The van der Waals surface area contributed by atoms with Gasteiger partial charge in [0.25, 0.3) is 5.91 Å². The Morgan fingerprint density at radius 2 is 1.95 bits per heavy atom. The lowest BCUT2D eigenvalue weighted by atomic mass is 10.1. The zero-order valence-corrected chi connectivity index (χ0v) is 11.2. The molecule has 2 N–H and O–H groups in total. The number of nitrogens with one attached hydrogen (secondary N) is 2. The normalized spacial score (nSPS) is 13.1. The van der Waals surface area contributed by atoms with E-state index in [2.05, 4.69) is 10.6 Å². The molecule has 3 nitrogen and oxygen atoms in total. The number of hydrogen-bond acceptors (Lipinski definition) is 2. The standard InChI is InChI=1S/C16H15FN2O/c1-10-2-5-14(7-15(10)17)19-16(20)11-3-4-12-8-18-9-13(12)6-11/h2-7,18H,8-9H2,1H3,(H,19,20). The summed E-state index contributed by atoms with van der Waals surface area (Å²) in [7, 11) is 0. The smallest absolute Gasteiger partial charge is 0.255 e. The van der Waals surface area contributed by atoms with Crippen LogP contribution in [0.4, 0.5) is 10.1 Å². The highest BCUT2D eigenvalue weighted by Crippen LogP contribution is 2.19. The number of amides is 1. The average Bonchev–Trinajstić information content (AvgIpc) is 2.90. The van der Waals surface area contributed by atoms with Crippen molar-refractivity contribution in [2.45, 2.75) is 20.0 Å². The summed E-state index contributed by atoms with van der Waals surface area (Å²) in [6, 6.07) is 10.3. The third kappa shape index (κ3) is 2.42. The minimum absolute atomic E-state index is 0.219. The molecule has 0 saturated heterocycles. The van der Waals surface area contributed by atoms with Crippen LogP contribution in [-0.4, -0.2) is 5.91 Å². The lowest BCUT2D eigenvalue weighted by molar-refractivity contribution is 0.102. The summed E-state index contributed by atoms with van der Waals surface area (Å²) < 4.78 is 13.5. The van der Waals surface area contributed by atoms with Gasteiger partial charge in [0.05, 0.1) is 0 Å². The molecule has 0 spiro atoms. The van der Waals surface area contributed by atoms with Crippen molar-refractivity contribution in [3.63, 3.8) is 0 Å². The molecule has 0 fully saturated rings. The zero-order chi connectivity index (χ0) is 14.1. The maximum atomic E-state index is 13.5. The van der Waals surface area contributed by atoms with Crippen LogP contribution < -0.4 is 10.6 Å². The first-order valence-electron chi connectivity index (χ1n) is 6.53. The van der Waals surface area contributed by atoms with Crippen molar-refractivity contribution in [1.82, 2.24) is 5.32 Å². The minimum Gasteiger partial charge on any atom is -0.322 e. The fourth-order valence-electron chi connectivity index (χ4n) is 2.31. The maximum absolute atomic E-state index is 13.5. The van der Waals surface area contributed by atoms with Crippen molar-refractivity contribution in [2.75, 3.05) is 5.32 Å². The fourth-order valence-corrected chi connectivity index (χ4v) is 2.31. The molecule has 1 aliphatic heterocycles. The molecular weight excluding hydrogens is 255 g/mol. The first kappa shape index (κ1) is 12.8. The number of fused-ring (bicyclic) bond motifs is 1. The van der Waals surface area contributed by atoms with E-state index in [0.717, 1.165) is 18.7 Å². The topological polar surface area (TPSA) is 41.1 Å². The molecule has 4 heteroatoms. The lowest BCUT2D eigenvalue weighted by Gasteiger charge is -2.07. The Morgan fingerprint density at radius 3 is 2.75 bits per heavy atom. The number of hydrogen-bond donors (Lipinski definition) is 2. The van der Waals surface area contributed by atoms with Crippen molar-refractivity contribution in [3.8, 4) is 0 Å². The number of halogens is 1. The van der Waals surface area contributed by atoms with Gasteiger partial charge in [-0.2, -0.15) is 0 Å². The second-order valence-electron chi connectivity index (χ2n) is 5.01. The van der Waals surface area contributed by atoms with Crippen LogP contribution in [0.1, 0.15) is 27.0 Å². The van der Waals surface area contributed by atoms with Crippen molar-refractivity contribution >= 4 is 11.6 Å². The van der Waals surface area contributed by atoms with E-state index in [4.69, 9.17) is 0 Å². The molecule has 0 atom stereocenters. The molecule has 0 unspecified atom stereocenters. The van der Waals surface area contributed by atoms with E-state index in [1.807, 2.05) is 12.1 Å². The van der Waals surface area contributed by atoms with Gasteiger partial charge in [0.1, 0.15) is 5.82 Å².